The quantitative estimate of drug-likeness (QED) is 0.472. The Hall–Kier alpha value is -0.240. The van der Waals surface area contributed by atoms with Crippen molar-refractivity contribution >= 4 is 23.2 Å². The minimum Gasteiger partial charge on any atom is -0.314 e. The number of nitrogens with one attached hydrogen (secondary N) is 1. The Morgan fingerprint density at radius 3 is 2.43 bits per heavy atom. The Bertz CT molecular complexity index is 393. The smallest absolute Gasteiger partial charge is 0.0453 e. The molecule has 0 spiro atoms. The van der Waals surface area contributed by atoms with Gasteiger partial charge in [0.15, 0.2) is 0 Å². The molecule has 1 aromatic carbocycles. The highest BCUT2D eigenvalue weighted by molar-refractivity contribution is 6.35. The van der Waals surface area contributed by atoms with Crippen molar-refractivity contribution in [3.05, 3.63) is 33.8 Å². The maximum atomic E-state index is 6.30. The van der Waals surface area contributed by atoms with Crippen molar-refractivity contribution in [2.24, 2.45) is 0 Å². The van der Waals surface area contributed by atoms with Crippen LogP contribution in [-0.4, -0.2) is 12.6 Å². The van der Waals surface area contributed by atoms with Crippen molar-refractivity contribution in [3.8, 4) is 0 Å². The van der Waals surface area contributed by atoms with Crippen LogP contribution in [0.25, 0.3) is 0 Å². The summed E-state index contributed by atoms with van der Waals surface area (Å²) in [6.45, 7) is 5.54. The molecule has 1 unspecified atom stereocenters. The summed E-state index contributed by atoms with van der Waals surface area (Å²) in [5, 5.41) is 5.16. The first-order valence-electron chi connectivity index (χ1n) is 8.34. The van der Waals surface area contributed by atoms with Crippen LogP contribution in [0.1, 0.15) is 64.4 Å². The molecule has 120 valence electrons. The minimum absolute atomic E-state index is 0.519. The predicted octanol–water partition coefficient (Wildman–Crippen LogP) is 6.26. The fourth-order valence-electron chi connectivity index (χ4n) is 2.57. The molecule has 0 fully saturated rings. The molecule has 0 amide bonds. The molecule has 0 aliphatic carbocycles. The van der Waals surface area contributed by atoms with Crippen LogP contribution in [0.2, 0.25) is 10.0 Å². The first kappa shape index (κ1) is 18.8. The van der Waals surface area contributed by atoms with Gasteiger partial charge in [0.05, 0.1) is 0 Å². The standard InChI is InChI=1S/C18H29Cl2N/c1-3-5-6-7-8-9-17(21-12-4-2)13-15-10-11-16(19)14-18(15)20/h10-11,14,17,21H,3-9,12-13H2,1-2H3. The Labute approximate surface area is 140 Å². The van der Waals surface area contributed by atoms with Gasteiger partial charge in [-0.3, -0.25) is 0 Å². The molecule has 0 radical (unpaired) electrons. The molecule has 1 aromatic rings. The number of benzene rings is 1. The molecule has 0 saturated heterocycles. The van der Waals surface area contributed by atoms with Gasteiger partial charge in [-0.05, 0) is 43.5 Å². The van der Waals surface area contributed by atoms with Crippen LogP contribution in [0.15, 0.2) is 18.2 Å². The lowest BCUT2D eigenvalue weighted by Crippen LogP contribution is -2.31. The summed E-state index contributed by atoms with van der Waals surface area (Å²) in [5.74, 6) is 0. The molecular formula is C18H29Cl2N. The normalized spacial score (nSPS) is 12.6. The maximum absolute atomic E-state index is 6.30. The zero-order valence-electron chi connectivity index (χ0n) is 13.4. The molecule has 0 aliphatic rings. The highest BCUT2D eigenvalue weighted by Crippen LogP contribution is 2.23. The second kappa shape index (κ2) is 11.3. The van der Waals surface area contributed by atoms with Crippen LogP contribution in [0.5, 0.6) is 0 Å². The third-order valence-corrected chi connectivity index (χ3v) is 4.41. The van der Waals surface area contributed by atoms with Gasteiger partial charge in [-0.1, -0.05) is 75.2 Å². The van der Waals surface area contributed by atoms with Crippen LogP contribution >= 0.6 is 23.2 Å². The first-order chi connectivity index (χ1) is 10.2. The van der Waals surface area contributed by atoms with E-state index in [1.54, 1.807) is 0 Å². The fourth-order valence-corrected chi connectivity index (χ4v) is 3.06. The average Bonchev–Trinajstić information content (AvgIpc) is 2.46. The summed E-state index contributed by atoms with van der Waals surface area (Å²) < 4.78 is 0. The summed E-state index contributed by atoms with van der Waals surface area (Å²) in [7, 11) is 0. The molecular weight excluding hydrogens is 301 g/mol. The SMILES string of the molecule is CCCCCCCC(Cc1ccc(Cl)cc1Cl)NCCC. The van der Waals surface area contributed by atoms with E-state index in [-0.39, 0.29) is 0 Å². The van der Waals surface area contributed by atoms with Crippen molar-refractivity contribution < 1.29 is 0 Å². The molecule has 1 rings (SSSR count). The zero-order chi connectivity index (χ0) is 15.5. The van der Waals surface area contributed by atoms with Crippen molar-refractivity contribution in [3.63, 3.8) is 0 Å². The summed E-state index contributed by atoms with van der Waals surface area (Å²) in [6, 6.07) is 6.35. The lowest BCUT2D eigenvalue weighted by atomic mass is 9.99. The van der Waals surface area contributed by atoms with E-state index >= 15 is 0 Å². The molecule has 0 saturated carbocycles. The van der Waals surface area contributed by atoms with Gasteiger partial charge < -0.3 is 5.32 Å². The second-order valence-electron chi connectivity index (χ2n) is 5.79. The number of unbranched alkanes of at least 4 members (excludes halogenated alkanes) is 4. The molecule has 1 N–H and O–H groups in total. The number of rotatable bonds is 11. The summed E-state index contributed by atoms with van der Waals surface area (Å²) in [6.07, 6.45) is 10.0. The molecule has 0 aliphatic heterocycles. The Balaban J connectivity index is 2.48. The number of halogens is 2. The van der Waals surface area contributed by atoms with Gasteiger partial charge in [-0.15, -0.1) is 0 Å². The summed E-state index contributed by atoms with van der Waals surface area (Å²) >= 11 is 12.3. The molecule has 21 heavy (non-hydrogen) atoms. The van der Waals surface area contributed by atoms with Crippen molar-refractivity contribution in [2.45, 2.75) is 71.3 Å². The molecule has 1 nitrogen and oxygen atoms in total. The van der Waals surface area contributed by atoms with E-state index in [1.165, 1.54) is 50.5 Å². The molecule has 0 heterocycles. The van der Waals surface area contributed by atoms with E-state index in [9.17, 15) is 0 Å². The van der Waals surface area contributed by atoms with Gasteiger partial charge >= 0.3 is 0 Å². The van der Waals surface area contributed by atoms with Crippen LogP contribution in [0, 0.1) is 0 Å². The van der Waals surface area contributed by atoms with Gasteiger partial charge in [0.1, 0.15) is 0 Å². The van der Waals surface area contributed by atoms with Gasteiger partial charge in [0.25, 0.3) is 0 Å². The molecule has 0 bridgehead atoms. The maximum Gasteiger partial charge on any atom is 0.0453 e. The van der Waals surface area contributed by atoms with Crippen LogP contribution in [0.4, 0.5) is 0 Å². The first-order valence-corrected chi connectivity index (χ1v) is 9.10. The summed E-state index contributed by atoms with van der Waals surface area (Å²) in [5.41, 5.74) is 1.20. The third-order valence-electron chi connectivity index (χ3n) is 3.82. The summed E-state index contributed by atoms with van der Waals surface area (Å²) in [4.78, 5) is 0. The van der Waals surface area contributed by atoms with E-state index < -0.39 is 0 Å². The highest BCUT2D eigenvalue weighted by atomic mass is 35.5. The lowest BCUT2D eigenvalue weighted by molar-refractivity contribution is 0.451. The van der Waals surface area contributed by atoms with Gasteiger partial charge in [-0.2, -0.15) is 0 Å². The lowest BCUT2D eigenvalue weighted by Gasteiger charge is -2.19. The van der Waals surface area contributed by atoms with Crippen LogP contribution in [0.3, 0.4) is 0 Å². The minimum atomic E-state index is 0.519. The van der Waals surface area contributed by atoms with Gasteiger partial charge in [0.2, 0.25) is 0 Å². The Kier molecular flexibility index (Phi) is 10.2. The van der Waals surface area contributed by atoms with E-state index in [2.05, 4.69) is 25.2 Å². The van der Waals surface area contributed by atoms with Crippen LogP contribution in [-0.2, 0) is 6.42 Å². The molecule has 3 heteroatoms. The van der Waals surface area contributed by atoms with Crippen molar-refractivity contribution in [1.82, 2.24) is 5.32 Å². The third kappa shape index (κ3) is 8.09. The predicted molar refractivity (Wildman–Crippen MR) is 95.6 cm³/mol. The fraction of sp³-hybridized carbons (Fsp3) is 0.667. The topological polar surface area (TPSA) is 12.0 Å². The second-order valence-corrected chi connectivity index (χ2v) is 6.64. The Morgan fingerprint density at radius 1 is 1.00 bits per heavy atom. The highest BCUT2D eigenvalue weighted by Gasteiger charge is 2.11. The van der Waals surface area contributed by atoms with E-state index in [0.717, 1.165) is 18.0 Å². The van der Waals surface area contributed by atoms with Crippen molar-refractivity contribution in [2.75, 3.05) is 6.54 Å². The number of hydrogen-bond acceptors (Lipinski definition) is 1. The van der Waals surface area contributed by atoms with Crippen molar-refractivity contribution in [1.29, 1.82) is 0 Å². The zero-order valence-corrected chi connectivity index (χ0v) is 14.9. The molecule has 0 aromatic heterocycles. The van der Waals surface area contributed by atoms with Gasteiger partial charge in [0, 0.05) is 16.1 Å². The van der Waals surface area contributed by atoms with E-state index in [1.807, 2.05) is 12.1 Å². The van der Waals surface area contributed by atoms with E-state index in [4.69, 9.17) is 23.2 Å². The monoisotopic (exact) mass is 329 g/mol. The van der Waals surface area contributed by atoms with E-state index in [0.29, 0.717) is 11.1 Å². The number of hydrogen-bond donors (Lipinski definition) is 1. The van der Waals surface area contributed by atoms with Crippen LogP contribution < -0.4 is 5.32 Å². The molecule has 1 atom stereocenters. The average molecular weight is 330 g/mol. The Morgan fingerprint density at radius 2 is 1.76 bits per heavy atom. The largest absolute Gasteiger partial charge is 0.314 e. The van der Waals surface area contributed by atoms with Gasteiger partial charge in [-0.25, -0.2) is 0 Å².